The molecule has 0 radical (unpaired) electrons. The lowest BCUT2D eigenvalue weighted by molar-refractivity contribution is -0.149. The van der Waals surface area contributed by atoms with Crippen molar-refractivity contribution < 1.29 is 28.7 Å². The molecule has 0 N–H and O–H groups in total. The smallest absolute Gasteiger partial charge is 0.330 e. The van der Waals surface area contributed by atoms with E-state index in [1.54, 1.807) is 19.9 Å². The molecular formula is C14H18O6. The van der Waals surface area contributed by atoms with Crippen molar-refractivity contribution in [3.8, 4) is 0 Å². The van der Waals surface area contributed by atoms with Gasteiger partial charge in [-0.3, -0.25) is 14.4 Å². The van der Waals surface area contributed by atoms with Crippen LogP contribution in [-0.4, -0.2) is 35.7 Å². The van der Waals surface area contributed by atoms with Gasteiger partial charge in [-0.2, -0.15) is 0 Å². The van der Waals surface area contributed by atoms with Crippen molar-refractivity contribution in [1.29, 1.82) is 0 Å². The Morgan fingerprint density at radius 1 is 0.950 bits per heavy atom. The summed E-state index contributed by atoms with van der Waals surface area (Å²) in [5, 5.41) is 0. The lowest BCUT2D eigenvalue weighted by atomic mass is 10.1. The maximum atomic E-state index is 11.6. The van der Waals surface area contributed by atoms with Crippen LogP contribution in [0.2, 0.25) is 0 Å². The van der Waals surface area contributed by atoms with Gasteiger partial charge in [0.2, 0.25) is 5.78 Å². The normalized spacial score (nSPS) is 28.3. The van der Waals surface area contributed by atoms with Crippen molar-refractivity contribution in [2.45, 2.75) is 51.7 Å². The van der Waals surface area contributed by atoms with Crippen LogP contribution in [0, 0.1) is 0 Å². The fourth-order valence-electron chi connectivity index (χ4n) is 1.70. The van der Waals surface area contributed by atoms with Gasteiger partial charge < -0.3 is 9.47 Å². The van der Waals surface area contributed by atoms with Crippen molar-refractivity contribution in [1.82, 2.24) is 0 Å². The highest BCUT2D eigenvalue weighted by atomic mass is 16.5. The number of hydrogen-bond acceptors (Lipinski definition) is 6. The Balaban J connectivity index is 2.75. The molecule has 0 aromatic rings. The zero-order valence-electron chi connectivity index (χ0n) is 11.6. The lowest BCUT2D eigenvalue weighted by Crippen LogP contribution is -2.24. The third-order valence-electron chi connectivity index (χ3n) is 2.71. The summed E-state index contributed by atoms with van der Waals surface area (Å²) in [7, 11) is 0. The lowest BCUT2D eigenvalue weighted by Gasteiger charge is -2.13. The number of Topliss-reactive ketones (excluding diaryl/α,β-unsaturated/α-hetero) is 2. The Kier molecular flexibility index (Phi) is 6.09. The molecule has 0 spiro atoms. The minimum atomic E-state index is -0.670. The Morgan fingerprint density at radius 2 is 1.65 bits per heavy atom. The molecular weight excluding hydrogens is 264 g/mol. The SMILES string of the molecule is C[C@@H]1CC(=O)C(=O)CCC(=O)O[C@H](C)C/C=C\C(=O)O1. The van der Waals surface area contributed by atoms with Crippen molar-refractivity contribution in [3.63, 3.8) is 0 Å². The quantitative estimate of drug-likeness (QED) is 0.489. The summed E-state index contributed by atoms with van der Waals surface area (Å²) in [6.45, 7) is 3.22. The van der Waals surface area contributed by atoms with Gasteiger partial charge in [-0.25, -0.2) is 4.79 Å². The Labute approximate surface area is 117 Å². The van der Waals surface area contributed by atoms with Gasteiger partial charge in [0.15, 0.2) is 5.78 Å². The molecule has 0 amide bonds. The number of carbonyl (C=O) groups excluding carboxylic acids is 4. The predicted octanol–water partition coefficient (Wildman–Crippen LogP) is 1.12. The molecule has 20 heavy (non-hydrogen) atoms. The van der Waals surface area contributed by atoms with Gasteiger partial charge in [0.05, 0.1) is 12.8 Å². The van der Waals surface area contributed by atoms with E-state index in [0.29, 0.717) is 6.42 Å². The van der Waals surface area contributed by atoms with E-state index in [4.69, 9.17) is 9.47 Å². The van der Waals surface area contributed by atoms with Crippen molar-refractivity contribution in [3.05, 3.63) is 12.2 Å². The monoisotopic (exact) mass is 282 g/mol. The second-order valence-corrected chi connectivity index (χ2v) is 4.74. The number of cyclic esters (lactones) is 2. The molecule has 0 bridgehead atoms. The second kappa shape index (κ2) is 7.57. The molecule has 1 rings (SSSR count). The molecule has 0 aromatic heterocycles. The van der Waals surface area contributed by atoms with Crippen LogP contribution < -0.4 is 0 Å². The van der Waals surface area contributed by atoms with E-state index in [1.165, 1.54) is 6.08 Å². The first kappa shape index (κ1) is 16.1. The zero-order chi connectivity index (χ0) is 15.1. The van der Waals surface area contributed by atoms with Crippen LogP contribution in [-0.2, 0) is 28.7 Å². The third-order valence-corrected chi connectivity index (χ3v) is 2.71. The van der Waals surface area contributed by atoms with Crippen LogP contribution >= 0.6 is 0 Å². The van der Waals surface area contributed by atoms with E-state index in [0.717, 1.165) is 0 Å². The molecule has 1 aliphatic rings. The van der Waals surface area contributed by atoms with Crippen molar-refractivity contribution >= 4 is 23.5 Å². The van der Waals surface area contributed by atoms with Gasteiger partial charge in [-0.05, 0) is 13.8 Å². The molecule has 0 saturated heterocycles. The number of rotatable bonds is 0. The first-order valence-electron chi connectivity index (χ1n) is 6.51. The maximum absolute atomic E-state index is 11.6. The fourth-order valence-corrected chi connectivity index (χ4v) is 1.70. The highest BCUT2D eigenvalue weighted by Crippen LogP contribution is 2.07. The molecule has 1 aliphatic heterocycles. The van der Waals surface area contributed by atoms with Gasteiger partial charge in [0.1, 0.15) is 12.2 Å². The molecule has 0 unspecified atom stereocenters. The number of ketones is 2. The molecule has 2 atom stereocenters. The number of ether oxygens (including phenoxy) is 2. The third kappa shape index (κ3) is 5.77. The van der Waals surface area contributed by atoms with Gasteiger partial charge in [0.25, 0.3) is 0 Å². The summed E-state index contributed by atoms with van der Waals surface area (Å²) in [4.78, 5) is 45.9. The molecule has 110 valence electrons. The minimum absolute atomic E-state index is 0.118. The molecule has 6 nitrogen and oxygen atoms in total. The van der Waals surface area contributed by atoms with E-state index in [-0.39, 0.29) is 19.3 Å². The van der Waals surface area contributed by atoms with Crippen LogP contribution in [0.15, 0.2) is 12.2 Å². The van der Waals surface area contributed by atoms with E-state index in [1.807, 2.05) is 0 Å². The largest absolute Gasteiger partial charge is 0.462 e. The van der Waals surface area contributed by atoms with Gasteiger partial charge in [-0.1, -0.05) is 6.08 Å². The van der Waals surface area contributed by atoms with E-state index < -0.39 is 35.7 Å². The van der Waals surface area contributed by atoms with Crippen LogP contribution in [0.25, 0.3) is 0 Å². The summed E-state index contributed by atoms with van der Waals surface area (Å²) in [5.41, 5.74) is 0. The van der Waals surface area contributed by atoms with Crippen molar-refractivity contribution in [2.24, 2.45) is 0 Å². The Morgan fingerprint density at radius 3 is 2.35 bits per heavy atom. The summed E-state index contributed by atoms with van der Waals surface area (Å²) < 4.78 is 9.99. The first-order chi connectivity index (χ1) is 9.38. The van der Waals surface area contributed by atoms with Crippen LogP contribution in [0.1, 0.15) is 39.5 Å². The zero-order valence-corrected chi connectivity index (χ0v) is 11.6. The van der Waals surface area contributed by atoms with Crippen LogP contribution in [0.5, 0.6) is 0 Å². The van der Waals surface area contributed by atoms with E-state index >= 15 is 0 Å². The number of carbonyl (C=O) groups is 4. The van der Waals surface area contributed by atoms with E-state index in [9.17, 15) is 19.2 Å². The highest BCUT2D eigenvalue weighted by Gasteiger charge is 2.21. The molecule has 6 heteroatoms. The predicted molar refractivity (Wildman–Crippen MR) is 68.7 cm³/mol. The van der Waals surface area contributed by atoms with Gasteiger partial charge in [0, 0.05) is 18.9 Å². The number of hydrogen-bond donors (Lipinski definition) is 0. The highest BCUT2D eigenvalue weighted by molar-refractivity contribution is 6.37. The molecule has 0 aliphatic carbocycles. The summed E-state index contributed by atoms with van der Waals surface area (Å²) in [5.74, 6) is -2.41. The Bertz CT molecular complexity index is 437. The maximum Gasteiger partial charge on any atom is 0.330 e. The topological polar surface area (TPSA) is 86.7 Å². The number of esters is 2. The van der Waals surface area contributed by atoms with Gasteiger partial charge >= 0.3 is 11.9 Å². The Hall–Kier alpha value is -1.98. The fraction of sp³-hybridized carbons (Fsp3) is 0.571. The summed E-state index contributed by atoms with van der Waals surface area (Å²) in [6, 6.07) is 0. The molecule has 1 heterocycles. The standard InChI is InChI=1S/C14H18O6/c1-9-4-3-5-13(17)20-10(2)8-12(16)11(15)6-7-14(18)19-9/h3,5,9-10H,4,6-8H2,1-2H3/b5-3-/t9-,10-/m1/s1. The molecule has 0 fully saturated rings. The molecule has 0 saturated carbocycles. The second-order valence-electron chi connectivity index (χ2n) is 4.74. The van der Waals surface area contributed by atoms with Crippen molar-refractivity contribution in [2.75, 3.05) is 0 Å². The van der Waals surface area contributed by atoms with E-state index in [2.05, 4.69) is 0 Å². The first-order valence-corrected chi connectivity index (χ1v) is 6.51. The average molecular weight is 282 g/mol. The molecule has 0 aromatic carbocycles. The van der Waals surface area contributed by atoms with Crippen LogP contribution in [0.3, 0.4) is 0 Å². The minimum Gasteiger partial charge on any atom is -0.462 e. The van der Waals surface area contributed by atoms with Crippen LogP contribution in [0.4, 0.5) is 0 Å². The summed E-state index contributed by atoms with van der Waals surface area (Å²) >= 11 is 0. The van der Waals surface area contributed by atoms with Gasteiger partial charge in [-0.15, -0.1) is 0 Å². The summed E-state index contributed by atoms with van der Waals surface area (Å²) in [6.07, 6.45) is 1.60. The average Bonchev–Trinajstić information content (AvgIpc) is 2.34.